The van der Waals surface area contributed by atoms with E-state index in [2.05, 4.69) is 22.4 Å². The largest absolute Gasteiger partial charge is 0.481 e. The number of rotatable bonds is 5. The Morgan fingerprint density at radius 3 is 3.00 bits per heavy atom. The van der Waals surface area contributed by atoms with Crippen molar-refractivity contribution in [3.8, 4) is 5.88 Å². The molecule has 1 saturated heterocycles. The smallest absolute Gasteiger partial charge is 0.211 e. The zero-order chi connectivity index (χ0) is 13.0. The van der Waals surface area contributed by atoms with E-state index in [0.717, 1.165) is 30.6 Å². The Morgan fingerprint density at radius 2 is 2.33 bits per heavy atom. The maximum atomic E-state index is 5.20. The average molecular weight is 252 g/mol. The summed E-state index contributed by atoms with van der Waals surface area (Å²) in [4.78, 5) is 2.42. The van der Waals surface area contributed by atoms with Crippen LogP contribution in [-0.4, -0.2) is 48.5 Å². The molecule has 5 nitrogen and oxygen atoms in total. The first-order valence-electron chi connectivity index (χ1n) is 6.65. The highest BCUT2D eigenvalue weighted by Crippen LogP contribution is 2.14. The van der Waals surface area contributed by atoms with Gasteiger partial charge in [0.1, 0.15) is 0 Å². The first-order valence-corrected chi connectivity index (χ1v) is 6.65. The van der Waals surface area contributed by atoms with E-state index in [-0.39, 0.29) is 0 Å². The Bertz CT molecular complexity index is 377. The molecule has 0 amide bonds. The third-order valence-corrected chi connectivity index (χ3v) is 3.56. The van der Waals surface area contributed by atoms with Gasteiger partial charge in [0.2, 0.25) is 5.88 Å². The summed E-state index contributed by atoms with van der Waals surface area (Å²) in [7, 11) is 5.78. The molecule has 2 rings (SSSR count). The van der Waals surface area contributed by atoms with E-state index < -0.39 is 0 Å². The molecule has 1 atom stereocenters. The second kappa shape index (κ2) is 6.20. The maximum Gasteiger partial charge on any atom is 0.211 e. The minimum Gasteiger partial charge on any atom is -0.481 e. The van der Waals surface area contributed by atoms with Gasteiger partial charge in [-0.05, 0) is 38.9 Å². The van der Waals surface area contributed by atoms with Crippen LogP contribution in [0.3, 0.4) is 0 Å². The molecule has 1 fully saturated rings. The van der Waals surface area contributed by atoms with Crippen molar-refractivity contribution in [1.82, 2.24) is 20.0 Å². The number of aromatic nitrogens is 2. The molecule has 0 aromatic carbocycles. The number of methoxy groups -OCH3 is 1. The summed E-state index contributed by atoms with van der Waals surface area (Å²) in [5.41, 5.74) is 1.04. The summed E-state index contributed by atoms with van der Waals surface area (Å²) in [5.74, 6) is 1.58. The van der Waals surface area contributed by atoms with Crippen LogP contribution in [0.5, 0.6) is 5.88 Å². The monoisotopic (exact) mass is 252 g/mol. The molecule has 1 unspecified atom stereocenters. The number of aryl methyl sites for hydroxylation is 1. The maximum absolute atomic E-state index is 5.20. The number of likely N-dealkylation sites (tertiary alicyclic amines) is 1. The van der Waals surface area contributed by atoms with Gasteiger partial charge in [0, 0.05) is 26.2 Å². The molecule has 2 heterocycles. The zero-order valence-corrected chi connectivity index (χ0v) is 11.6. The Balaban J connectivity index is 1.74. The van der Waals surface area contributed by atoms with Crippen LogP contribution in [0.1, 0.15) is 18.5 Å². The lowest BCUT2D eigenvalue weighted by Crippen LogP contribution is -2.37. The van der Waals surface area contributed by atoms with Crippen LogP contribution in [-0.2, 0) is 13.6 Å². The second-order valence-corrected chi connectivity index (χ2v) is 5.20. The van der Waals surface area contributed by atoms with Crippen molar-refractivity contribution >= 4 is 0 Å². The van der Waals surface area contributed by atoms with E-state index in [1.54, 1.807) is 11.8 Å². The van der Waals surface area contributed by atoms with Gasteiger partial charge in [-0.15, -0.1) is 0 Å². The van der Waals surface area contributed by atoms with Gasteiger partial charge in [0.15, 0.2) is 0 Å². The second-order valence-electron chi connectivity index (χ2n) is 5.20. The molecule has 5 heteroatoms. The molecular weight excluding hydrogens is 228 g/mol. The predicted molar refractivity (Wildman–Crippen MR) is 71.7 cm³/mol. The SMILES string of the molecule is COc1cc(CNCC2CCCN(C)C2)nn1C. The Labute approximate surface area is 109 Å². The third kappa shape index (κ3) is 3.46. The average Bonchev–Trinajstić information content (AvgIpc) is 2.70. The van der Waals surface area contributed by atoms with E-state index in [4.69, 9.17) is 4.74 Å². The standard InChI is InChI=1S/C13H24N4O/c1-16-6-4-5-11(10-16)8-14-9-12-7-13(18-3)17(2)15-12/h7,11,14H,4-6,8-10H2,1-3H3. The molecular formula is C13H24N4O. The van der Waals surface area contributed by atoms with E-state index in [1.165, 1.54) is 25.9 Å². The van der Waals surface area contributed by atoms with E-state index >= 15 is 0 Å². The van der Waals surface area contributed by atoms with Crippen LogP contribution in [0.2, 0.25) is 0 Å². The molecule has 18 heavy (non-hydrogen) atoms. The van der Waals surface area contributed by atoms with E-state index in [1.807, 2.05) is 13.1 Å². The topological polar surface area (TPSA) is 42.3 Å². The highest BCUT2D eigenvalue weighted by molar-refractivity contribution is 5.15. The van der Waals surface area contributed by atoms with Crippen molar-refractivity contribution in [2.45, 2.75) is 19.4 Å². The highest BCUT2D eigenvalue weighted by Gasteiger charge is 2.16. The summed E-state index contributed by atoms with van der Waals surface area (Å²) in [6.07, 6.45) is 2.66. The van der Waals surface area contributed by atoms with Crippen LogP contribution >= 0.6 is 0 Å². The molecule has 1 aromatic heterocycles. The molecule has 0 saturated carbocycles. The Morgan fingerprint density at radius 1 is 1.50 bits per heavy atom. The van der Waals surface area contributed by atoms with Crippen molar-refractivity contribution in [2.24, 2.45) is 13.0 Å². The minimum atomic E-state index is 0.773. The number of nitrogens with one attached hydrogen (secondary N) is 1. The summed E-state index contributed by atoms with van der Waals surface area (Å²) in [6, 6.07) is 1.99. The van der Waals surface area contributed by atoms with Crippen molar-refractivity contribution in [2.75, 3.05) is 33.8 Å². The normalized spacial score (nSPS) is 21.2. The molecule has 1 aromatic rings. The zero-order valence-electron chi connectivity index (χ0n) is 11.6. The number of hydrogen-bond acceptors (Lipinski definition) is 4. The van der Waals surface area contributed by atoms with Gasteiger partial charge >= 0.3 is 0 Å². The van der Waals surface area contributed by atoms with Gasteiger partial charge < -0.3 is 15.0 Å². The summed E-state index contributed by atoms with van der Waals surface area (Å²) >= 11 is 0. The van der Waals surface area contributed by atoms with Gasteiger partial charge in [-0.3, -0.25) is 0 Å². The highest BCUT2D eigenvalue weighted by atomic mass is 16.5. The molecule has 0 aliphatic carbocycles. The summed E-state index contributed by atoms with van der Waals surface area (Å²) in [6.45, 7) is 4.34. The summed E-state index contributed by atoms with van der Waals surface area (Å²) in [5, 5.41) is 7.90. The lowest BCUT2D eigenvalue weighted by Gasteiger charge is -2.29. The molecule has 1 N–H and O–H groups in total. The predicted octanol–water partition coefficient (Wildman–Crippen LogP) is 0.860. The fraction of sp³-hybridized carbons (Fsp3) is 0.769. The van der Waals surface area contributed by atoms with Crippen LogP contribution in [0.15, 0.2) is 6.07 Å². The minimum absolute atomic E-state index is 0.773. The Hall–Kier alpha value is -1.07. The fourth-order valence-corrected chi connectivity index (χ4v) is 2.63. The van der Waals surface area contributed by atoms with Crippen LogP contribution in [0, 0.1) is 5.92 Å². The lowest BCUT2D eigenvalue weighted by atomic mass is 9.98. The van der Waals surface area contributed by atoms with Gasteiger partial charge in [-0.2, -0.15) is 5.10 Å². The van der Waals surface area contributed by atoms with Gasteiger partial charge in [0.05, 0.1) is 12.8 Å². The summed E-state index contributed by atoms with van der Waals surface area (Å²) < 4.78 is 6.97. The van der Waals surface area contributed by atoms with Crippen LogP contribution in [0.4, 0.5) is 0 Å². The quantitative estimate of drug-likeness (QED) is 0.844. The van der Waals surface area contributed by atoms with Crippen molar-refractivity contribution < 1.29 is 4.74 Å². The van der Waals surface area contributed by atoms with Gasteiger partial charge in [-0.25, -0.2) is 4.68 Å². The van der Waals surface area contributed by atoms with Crippen molar-refractivity contribution in [1.29, 1.82) is 0 Å². The number of piperidine rings is 1. The lowest BCUT2D eigenvalue weighted by molar-refractivity contribution is 0.206. The first kappa shape index (κ1) is 13.4. The molecule has 0 radical (unpaired) electrons. The molecule has 1 aliphatic rings. The van der Waals surface area contributed by atoms with Crippen LogP contribution in [0.25, 0.3) is 0 Å². The fourth-order valence-electron chi connectivity index (χ4n) is 2.63. The molecule has 102 valence electrons. The third-order valence-electron chi connectivity index (χ3n) is 3.56. The van der Waals surface area contributed by atoms with E-state index in [0.29, 0.717) is 0 Å². The van der Waals surface area contributed by atoms with Crippen LogP contribution < -0.4 is 10.1 Å². The number of ether oxygens (including phenoxy) is 1. The van der Waals surface area contributed by atoms with Crippen molar-refractivity contribution in [3.63, 3.8) is 0 Å². The molecule has 0 bridgehead atoms. The molecule has 1 aliphatic heterocycles. The van der Waals surface area contributed by atoms with Crippen molar-refractivity contribution in [3.05, 3.63) is 11.8 Å². The van der Waals surface area contributed by atoms with E-state index in [9.17, 15) is 0 Å². The first-order chi connectivity index (χ1) is 8.69. The number of hydrogen-bond donors (Lipinski definition) is 1. The van der Waals surface area contributed by atoms with Gasteiger partial charge in [-0.1, -0.05) is 0 Å². The van der Waals surface area contributed by atoms with Gasteiger partial charge in [0.25, 0.3) is 0 Å². The Kier molecular flexibility index (Phi) is 4.60. The number of nitrogens with zero attached hydrogens (tertiary/aromatic N) is 3. The molecule has 0 spiro atoms.